The van der Waals surface area contributed by atoms with Crippen LogP contribution < -0.4 is 5.32 Å². The first-order valence-corrected chi connectivity index (χ1v) is 9.86. The summed E-state index contributed by atoms with van der Waals surface area (Å²) < 4.78 is 5.15. The van der Waals surface area contributed by atoms with Crippen LogP contribution in [0.1, 0.15) is 51.5 Å². The summed E-state index contributed by atoms with van der Waals surface area (Å²) in [5.74, 6) is -0.792. The van der Waals surface area contributed by atoms with E-state index in [4.69, 9.17) is 9.84 Å². The predicted octanol–water partition coefficient (Wildman–Crippen LogP) is 2.87. The van der Waals surface area contributed by atoms with E-state index in [-0.39, 0.29) is 24.9 Å². The molecular formula is C21H32N2O5. The highest BCUT2D eigenvalue weighted by atomic mass is 16.5. The van der Waals surface area contributed by atoms with Crippen molar-refractivity contribution in [3.05, 3.63) is 35.9 Å². The van der Waals surface area contributed by atoms with Gasteiger partial charge in [-0.05, 0) is 24.3 Å². The zero-order valence-electron chi connectivity index (χ0n) is 16.9. The molecule has 0 aliphatic rings. The Bertz CT molecular complexity index is 606. The number of carbonyl (C=O) groups excluding carboxylic acids is 3. The molecule has 0 saturated heterocycles. The Labute approximate surface area is 167 Å². The van der Waals surface area contributed by atoms with Crippen LogP contribution in [0.2, 0.25) is 0 Å². The Morgan fingerprint density at radius 3 is 2.50 bits per heavy atom. The second kappa shape index (κ2) is 13.7. The number of carbonyl (C=O) groups is 3. The number of nitrogens with zero attached hydrogens (tertiary/aromatic N) is 1. The number of amides is 3. The normalized spacial score (nSPS) is 11.5. The van der Waals surface area contributed by atoms with E-state index in [0.29, 0.717) is 19.5 Å². The van der Waals surface area contributed by atoms with Crippen molar-refractivity contribution in [2.45, 2.75) is 52.6 Å². The molecule has 0 aliphatic carbocycles. The van der Waals surface area contributed by atoms with Crippen LogP contribution in [0.4, 0.5) is 4.79 Å². The average Bonchev–Trinajstić information content (AvgIpc) is 2.72. The summed E-state index contributed by atoms with van der Waals surface area (Å²) in [4.78, 5) is 37.0. The van der Waals surface area contributed by atoms with Crippen molar-refractivity contribution in [3.63, 3.8) is 0 Å². The Balaban J connectivity index is 2.30. The minimum Gasteiger partial charge on any atom is -0.445 e. The van der Waals surface area contributed by atoms with Crippen LogP contribution in [0.25, 0.3) is 0 Å². The van der Waals surface area contributed by atoms with Gasteiger partial charge in [0.1, 0.15) is 13.2 Å². The third kappa shape index (κ3) is 9.50. The molecule has 2 N–H and O–H groups in total. The first-order valence-electron chi connectivity index (χ1n) is 9.86. The van der Waals surface area contributed by atoms with Gasteiger partial charge in [-0.25, -0.2) is 4.79 Å². The molecule has 0 spiro atoms. The fourth-order valence-corrected chi connectivity index (χ4v) is 2.63. The second-order valence-electron chi connectivity index (χ2n) is 6.89. The lowest BCUT2D eigenvalue weighted by atomic mass is 10.1. The molecule has 0 radical (unpaired) electrons. The molecule has 3 amide bonds. The molecule has 0 aliphatic heterocycles. The van der Waals surface area contributed by atoms with Gasteiger partial charge < -0.3 is 15.2 Å². The van der Waals surface area contributed by atoms with Gasteiger partial charge in [0.15, 0.2) is 0 Å². The molecule has 1 aromatic carbocycles. The van der Waals surface area contributed by atoms with Gasteiger partial charge in [-0.3, -0.25) is 14.5 Å². The molecule has 1 atom stereocenters. The lowest BCUT2D eigenvalue weighted by Gasteiger charge is -2.21. The Morgan fingerprint density at radius 2 is 1.86 bits per heavy atom. The minimum atomic E-state index is -0.664. The van der Waals surface area contributed by atoms with Gasteiger partial charge in [-0.15, -0.1) is 0 Å². The molecule has 0 fully saturated rings. The summed E-state index contributed by atoms with van der Waals surface area (Å²) in [6, 6.07) is 9.40. The number of hydrogen-bond acceptors (Lipinski definition) is 5. The van der Waals surface area contributed by atoms with Gasteiger partial charge >= 0.3 is 6.09 Å². The highest BCUT2D eigenvalue weighted by Crippen LogP contribution is 2.09. The third-order valence-electron chi connectivity index (χ3n) is 4.38. The van der Waals surface area contributed by atoms with Gasteiger partial charge in [-0.2, -0.15) is 0 Å². The van der Waals surface area contributed by atoms with Crippen molar-refractivity contribution < 1.29 is 24.2 Å². The number of alkyl carbamates (subject to hydrolysis) is 1. The third-order valence-corrected chi connectivity index (χ3v) is 4.38. The summed E-state index contributed by atoms with van der Waals surface area (Å²) in [5.41, 5.74) is 0.910. The highest BCUT2D eigenvalue weighted by Gasteiger charge is 2.20. The van der Waals surface area contributed by atoms with E-state index in [1.165, 1.54) is 0 Å². The molecule has 0 heterocycles. The molecule has 1 rings (SSSR count). The van der Waals surface area contributed by atoms with E-state index in [9.17, 15) is 14.4 Å². The summed E-state index contributed by atoms with van der Waals surface area (Å²) in [7, 11) is 0. The Hall–Kier alpha value is -2.41. The number of benzene rings is 1. The van der Waals surface area contributed by atoms with Crippen LogP contribution in [0.3, 0.4) is 0 Å². The smallest absolute Gasteiger partial charge is 0.407 e. The molecule has 0 aromatic heterocycles. The van der Waals surface area contributed by atoms with Gasteiger partial charge in [0.05, 0.1) is 0 Å². The maximum atomic E-state index is 12.3. The number of aliphatic hydroxyl groups is 1. The summed E-state index contributed by atoms with van der Waals surface area (Å²) in [6.45, 7) is 4.21. The van der Waals surface area contributed by atoms with Gasteiger partial charge in [-0.1, -0.05) is 57.0 Å². The topological polar surface area (TPSA) is 95.9 Å². The van der Waals surface area contributed by atoms with Gasteiger partial charge in [0.25, 0.3) is 5.91 Å². The zero-order valence-corrected chi connectivity index (χ0v) is 16.9. The van der Waals surface area contributed by atoms with Crippen LogP contribution in [0, 0.1) is 5.92 Å². The monoisotopic (exact) mass is 392 g/mol. The molecule has 1 unspecified atom stereocenters. The molecule has 7 nitrogen and oxygen atoms in total. The number of rotatable bonds is 12. The molecule has 1 aromatic rings. The van der Waals surface area contributed by atoms with E-state index in [2.05, 4.69) is 5.32 Å². The zero-order chi connectivity index (χ0) is 20.8. The lowest BCUT2D eigenvalue weighted by molar-refractivity contribution is -0.146. The molecule has 156 valence electrons. The van der Waals surface area contributed by atoms with Crippen molar-refractivity contribution in [1.29, 1.82) is 0 Å². The van der Waals surface area contributed by atoms with Crippen LogP contribution in [-0.4, -0.2) is 47.6 Å². The first kappa shape index (κ1) is 23.6. The van der Waals surface area contributed by atoms with E-state index in [0.717, 1.165) is 29.7 Å². The fraction of sp³-hybridized carbons (Fsp3) is 0.571. The lowest BCUT2D eigenvalue weighted by Crippen LogP contribution is -2.39. The molecule has 0 bridgehead atoms. The summed E-state index contributed by atoms with van der Waals surface area (Å²) in [6.07, 6.45) is 2.87. The summed E-state index contributed by atoms with van der Waals surface area (Å²) >= 11 is 0. The summed E-state index contributed by atoms with van der Waals surface area (Å²) in [5, 5.41) is 11.7. The first-order chi connectivity index (χ1) is 13.5. The second-order valence-corrected chi connectivity index (χ2v) is 6.89. The molecular weight excluding hydrogens is 360 g/mol. The van der Waals surface area contributed by atoms with Crippen molar-refractivity contribution in [2.24, 2.45) is 5.92 Å². The Kier molecular flexibility index (Phi) is 11.6. The van der Waals surface area contributed by atoms with Crippen molar-refractivity contribution >= 4 is 17.9 Å². The fourth-order valence-electron chi connectivity index (χ4n) is 2.63. The van der Waals surface area contributed by atoms with Crippen LogP contribution in [-0.2, 0) is 20.9 Å². The Morgan fingerprint density at radius 1 is 1.14 bits per heavy atom. The van der Waals surface area contributed by atoms with Crippen molar-refractivity contribution in [3.8, 4) is 0 Å². The highest BCUT2D eigenvalue weighted by molar-refractivity contribution is 5.95. The SMILES string of the molecule is CCCCCN(C(=O)CO)C(=O)CCC(C)CNC(=O)OCc1ccccc1. The number of hydrogen-bond donors (Lipinski definition) is 2. The number of nitrogens with one attached hydrogen (secondary N) is 1. The molecule has 7 heteroatoms. The van der Waals surface area contributed by atoms with Crippen molar-refractivity contribution in [2.75, 3.05) is 19.7 Å². The van der Waals surface area contributed by atoms with E-state index < -0.39 is 18.6 Å². The van der Waals surface area contributed by atoms with Gasteiger partial charge in [0.2, 0.25) is 5.91 Å². The minimum absolute atomic E-state index is 0.0509. The van der Waals surface area contributed by atoms with Gasteiger partial charge in [0, 0.05) is 19.5 Å². The number of ether oxygens (including phenoxy) is 1. The van der Waals surface area contributed by atoms with E-state index in [1.807, 2.05) is 44.2 Å². The van der Waals surface area contributed by atoms with Crippen molar-refractivity contribution in [1.82, 2.24) is 10.2 Å². The molecule has 28 heavy (non-hydrogen) atoms. The maximum Gasteiger partial charge on any atom is 0.407 e. The predicted molar refractivity (Wildman–Crippen MR) is 106 cm³/mol. The van der Waals surface area contributed by atoms with Crippen LogP contribution in [0.5, 0.6) is 0 Å². The number of imide groups is 1. The van der Waals surface area contributed by atoms with Crippen LogP contribution in [0.15, 0.2) is 30.3 Å². The molecule has 0 saturated carbocycles. The maximum absolute atomic E-state index is 12.3. The van der Waals surface area contributed by atoms with Crippen LogP contribution >= 0.6 is 0 Å². The quantitative estimate of drug-likeness (QED) is 0.533. The average molecular weight is 392 g/mol. The van der Waals surface area contributed by atoms with E-state index in [1.54, 1.807) is 0 Å². The number of aliphatic hydroxyl groups excluding tert-OH is 1. The number of unbranched alkanes of at least 4 members (excludes halogenated alkanes) is 2. The van der Waals surface area contributed by atoms with E-state index >= 15 is 0 Å². The standard InChI is InChI=1S/C21H32N2O5/c1-3-4-8-13-23(20(26)15-24)19(25)12-11-17(2)14-22-21(27)28-16-18-9-6-5-7-10-18/h5-7,9-10,17,24H,3-4,8,11-16H2,1-2H3,(H,22,27). The largest absolute Gasteiger partial charge is 0.445 e.